The molecule has 0 rings (SSSR count). The second-order valence-corrected chi connectivity index (χ2v) is 5.41. The maximum Gasteiger partial charge on any atom is 0.456 e. The molecule has 0 saturated heterocycles. The van der Waals surface area contributed by atoms with Crippen LogP contribution < -0.4 is 0 Å². The van der Waals surface area contributed by atoms with E-state index in [1.54, 1.807) is 0 Å². The van der Waals surface area contributed by atoms with Crippen molar-refractivity contribution in [2.24, 2.45) is 5.41 Å². The van der Waals surface area contributed by atoms with Gasteiger partial charge in [-0.2, -0.15) is 22.0 Å². The molecule has 4 nitrogen and oxygen atoms in total. The highest BCUT2D eigenvalue weighted by atomic mass is 19.4. The lowest BCUT2D eigenvalue weighted by atomic mass is 9.82. The number of esters is 2. The summed E-state index contributed by atoms with van der Waals surface area (Å²) in [5.41, 5.74) is -1.88. The second kappa shape index (κ2) is 9.17. The third-order valence-electron chi connectivity index (χ3n) is 3.77. The van der Waals surface area contributed by atoms with Crippen molar-refractivity contribution in [3.05, 3.63) is 0 Å². The van der Waals surface area contributed by atoms with Crippen LogP contribution in [0.4, 0.5) is 22.0 Å². The summed E-state index contributed by atoms with van der Waals surface area (Å²) in [5.74, 6) is -7.58. The molecule has 142 valence electrons. The first-order chi connectivity index (χ1) is 11.0. The van der Waals surface area contributed by atoms with E-state index in [2.05, 4.69) is 4.74 Å². The molecule has 0 N–H and O–H groups in total. The molecule has 0 aromatic carbocycles. The van der Waals surface area contributed by atoms with Gasteiger partial charge in [0.25, 0.3) is 0 Å². The van der Waals surface area contributed by atoms with Crippen LogP contribution in [0.3, 0.4) is 0 Å². The Morgan fingerprint density at radius 2 is 1.33 bits per heavy atom. The van der Waals surface area contributed by atoms with Crippen LogP contribution in [-0.4, -0.2) is 37.3 Å². The quantitative estimate of drug-likeness (QED) is 0.252. The third-order valence-corrected chi connectivity index (χ3v) is 3.77. The summed E-state index contributed by atoms with van der Waals surface area (Å²) in [6, 6.07) is 0. The number of unbranched alkanes of at least 4 members (excludes halogenated alkanes) is 2. The average Bonchev–Trinajstić information content (AvgIpc) is 2.50. The summed E-state index contributed by atoms with van der Waals surface area (Å²) >= 11 is 0. The lowest BCUT2D eigenvalue weighted by Crippen LogP contribution is -2.46. The summed E-state index contributed by atoms with van der Waals surface area (Å²) in [7, 11) is 0. The first-order valence-corrected chi connectivity index (χ1v) is 7.77. The smallest absolute Gasteiger partial charge is 0.456 e. The molecule has 0 heterocycles. The minimum atomic E-state index is -5.84. The normalized spacial score (nSPS) is 12.8. The van der Waals surface area contributed by atoms with Gasteiger partial charge >= 0.3 is 24.0 Å². The predicted molar refractivity (Wildman–Crippen MR) is 75.5 cm³/mol. The van der Waals surface area contributed by atoms with Crippen molar-refractivity contribution in [1.82, 2.24) is 0 Å². The second-order valence-electron chi connectivity index (χ2n) is 5.41. The highest BCUT2D eigenvalue weighted by molar-refractivity contribution is 6.00. The molecular formula is C15H23F5O4. The fraction of sp³-hybridized carbons (Fsp3) is 0.867. The van der Waals surface area contributed by atoms with Gasteiger partial charge in [0.05, 0.1) is 6.61 Å². The molecule has 0 amide bonds. The summed E-state index contributed by atoms with van der Waals surface area (Å²) < 4.78 is 71.1. The van der Waals surface area contributed by atoms with Crippen molar-refractivity contribution in [1.29, 1.82) is 0 Å². The molecule has 0 atom stereocenters. The van der Waals surface area contributed by atoms with Gasteiger partial charge in [-0.05, 0) is 19.3 Å². The number of carbonyl (C=O) groups is 2. The molecule has 24 heavy (non-hydrogen) atoms. The maximum absolute atomic E-state index is 12.9. The minimum absolute atomic E-state index is 0.0421. The summed E-state index contributed by atoms with van der Waals surface area (Å²) in [6.07, 6.45) is -3.87. The monoisotopic (exact) mass is 362 g/mol. The fourth-order valence-electron chi connectivity index (χ4n) is 1.94. The maximum atomic E-state index is 12.9. The average molecular weight is 362 g/mol. The highest BCUT2D eigenvalue weighted by Gasteiger charge is 2.59. The van der Waals surface area contributed by atoms with Crippen LogP contribution in [-0.2, 0) is 19.1 Å². The third kappa shape index (κ3) is 5.59. The van der Waals surface area contributed by atoms with Gasteiger partial charge in [-0.15, -0.1) is 0 Å². The number of hydrogen-bond donors (Lipinski definition) is 0. The van der Waals surface area contributed by atoms with E-state index in [4.69, 9.17) is 4.74 Å². The molecule has 0 spiro atoms. The summed E-state index contributed by atoms with van der Waals surface area (Å²) in [4.78, 5) is 24.1. The van der Waals surface area contributed by atoms with E-state index >= 15 is 0 Å². The molecule has 0 aliphatic heterocycles. The lowest BCUT2D eigenvalue weighted by Gasteiger charge is -2.28. The van der Waals surface area contributed by atoms with Gasteiger partial charge in [-0.3, -0.25) is 9.59 Å². The molecule has 0 fully saturated rings. The van der Waals surface area contributed by atoms with E-state index in [1.165, 1.54) is 13.8 Å². The molecule has 9 heteroatoms. The SMILES string of the molecule is CCCCCOC(=O)C(CC)(CC)C(=O)OCC(F)(F)C(F)(F)F. The molecule has 0 aliphatic rings. The van der Waals surface area contributed by atoms with Crippen LogP contribution in [0.1, 0.15) is 52.9 Å². The minimum Gasteiger partial charge on any atom is -0.465 e. The Bertz CT molecular complexity index is 417. The van der Waals surface area contributed by atoms with Crippen molar-refractivity contribution in [2.75, 3.05) is 13.2 Å². The zero-order valence-electron chi connectivity index (χ0n) is 14.0. The van der Waals surface area contributed by atoms with Crippen LogP contribution in [0.25, 0.3) is 0 Å². The van der Waals surface area contributed by atoms with E-state index in [0.29, 0.717) is 6.42 Å². The van der Waals surface area contributed by atoms with Crippen molar-refractivity contribution in [3.8, 4) is 0 Å². The van der Waals surface area contributed by atoms with Crippen molar-refractivity contribution < 1.29 is 41.0 Å². The molecule has 0 aromatic heterocycles. The van der Waals surface area contributed by atoms with Gasteiger partial charge in [0.2, 0.25) is 0 Å². The van der Waals surface area contributed by atoms with Crippen LogP contribution in [0.5, 0.6) is 0 Å². The first-order valence-electron chi connectivity index (χ1n) is 7.77. The number of halogens is 5. The highest BCUT2D eigenvalue weighted by Crippen LogP contribution is 2.37. The van der Waals surface area contributed by atoms with E-state index in [9.17, 15) is 31.5 Å². The predicted octanol–water partition coefficient (Wildman–Crippen LogP) is 4.27. The Morgan fingerprint density at radius 3 is 1.75 bits per heavy atom. The van der Waals surface area contributed by atoms with Crippen LogP contribution >= 0.6 is 0 Å². The first kappa shape index (κ1) is 22.6. The Hall–Kier alpha value is -1.41. The topological polar surface area (TPSA) is 52.6 Å². The van der Waals surface area contributed by atoms with Gasteiger partial charge in [0.1, 0.15) is 0 Å². The molecule has 0 aliphatic carbocycles. The van der Waals surface area contributed by atoms with E-state index < -0.39 is 36.1 Å². The molecule has 0 saturated carbocycles. The van der Waals surface area contributed by atoms with Gasteiger partial charge in [-0.25, -0.2) is 0 Å². The Kier molecular flexibility index (Phi) is 8.63. The van der Waals surface area contributed by atoms with Crippen molar-refractivity contribution in [3.63, 3.8) is 0 Å². The molecule has 0 aromatic rings. The van der Waals surface area contributed by atoms with E-state index in [-0.39, 0.29) is 19.4 Å². The van der Waals surface area contributed by atoms with E-state index in [0.717, 1.165) is 12.8 Å². The number of carbonyl (C=O) groups excluding carboxylic acids is 2. The van der Waals surface area contributed by atoms with E-state index in [1.807, 2.05) is 6.92 Å². The van der Waals surface area contributed by atoms with Crippen molar-refractivity contribution >= 4 is 11.9 Å². The van der Waals surface area contributed by atoms with Gasteiger partial charge in [0, 0.05) is 0 Å². The molecule has 0 bridgehead atoms. The number of rotatable bonds is 10. The van der Waals surface area contributed by atoms with Gasteiger partial charge in [-0.1, -0.05) is 33.6 Å². The summed E-state index contributed by atoms with van der Waals surface area (Å²) in [6.45, 7) is 2.67. The Labute approximate surface area is 137 Å². The molecular weight excluding hydrogens is 339 g/mol. The standard InChI is InChI=1S/C15H23F5O4/c1-4-7-8-9-23-11(21)13(5-2,6-3)12(22)24-10-14(16,17)15(18,19)20/h4-10H2,1-3H3. The van der Waals surface area contributed by atoms with Gasteiger partial charge < -0.3 is 9.47 Å². The Balaban J connectivity index is 4.96. The zero-order valence-corrected chi connectivity index (χ0v) is 14.0. The largest absolute Gasteiger partial charge is 0.465 e. The number of hydrogen-bond acceptors (Lipinski definition) is 4. The summed E-state index contributed by atoms with van der Waals surface area (Å²) in [5, 5.41) is 0. The van der Waals surface area contributed by atoms with Crippen molar-refractivity contribution in [2.45, 2.75) is 65.0 Å². The Morgan fingerprint density at radius 1 is 0.833 bits per heavy atom. The number of alkyl halides is 5. The van der Waals surface area contributed by atoms with Crippen LogP contribution in [0.2, 0.25) is 0 Å². The number of ether oxygens (including phenoxy) is 2. The zero-order chi connectivity index (χ0) is 19.0. The molecule has 0 unspecified atom stereocenters. The molecule has 0 radical (unpaired) electrons. The van der Waals surface area contributed by atoms with Crippen LogP contribution in [0, 0.1) is 5.41 Å². The van der Waals surface area contributed by atoms with Gasteiger partial charge in [0.15, 0.2) is 12.0 Å². The van der Waals surface area contributed by atoms with Crippen LogP contribution in [0.15, 0.2) is 0 Å². The lowest BCUT2D eigenvalue weighted by molar-refractivity contribution is -0.295. The fourth-order valence-corrected chi connectivity index (χ4v) is 1.94.